The third-order valence-electron chi connectivity index (χ3n) is 6.11. The lowest BCUT2D eigenvalue weighted by atomic mass is 9.82. The minimum absolute atomic E-state index is 0.657. The van der Waals surface area contributed by atoms with Crippen LogP contribution in [0.3, 0.4) is 0 Å². The summed E-state index contributed by atoms with van der Waals surface area (Å²) in [6, 6.07) is 15.6. The van der Waals surface area contributed by atoms with Gasteiger partial charge in [0.15, 0.2) is 0 Å². The fourth-order valence-electron chi connectivity index (χ4n) is 5.28. The van der Waals surface area contributed by atoms with Gasteiger partial charge in [-0.25, -0.2) is 4.98 Å². The van der Waals surface area contributed by atoms with Crippen LogP contribution < -0.4 is 0 Å². The fourth-order valence-corrected chi connectivity index (χ4v) is 5.28. The summed E-state index contributed by atoms with van der Waals surface area (Å²) in [6.45, 7) is 2.20. The molecule has 0 radical (unpaired) electrons. The summed E-state index contributed by atoms with van der Waals surface area (Å²) in [7, 11) is 0. The molecule has 0 N–H and O–H groups in total. The summed E-state index contributed by atoms with van der Waals surface area (Å²) in [6.07, 6.45) is 3.97. The van der Waals surface area contributed by atoms with Gasteiger partial charge in [0, 0.05) is 22.4 Å². The van der Waals surface area contributed by atoms with Crippen LogP contribution >= 0.6 is 0 Å². The molecule has 6 rings (SSSR count). The van der Waals surface area contributed by atoms with Crippen LogP contribution in [-0.2, 0) is 0 Å². The zero-order valence-corrected chi connectivity index (χ0v) is 13.2. The Hall–Kier alpha value is -2.35. The maximum absolute atomic E-state index is 5.02. The zero-order chi connectivity index (χ0) is 15.1. The second-order valence-electron chi connectivity index (χ2n) is 7.17. The first-order valence-electron chi connectivity index (χ1n) is 8.67. The van der Waals surface area contributed by atoms with Gasteiger partial charge in [-0.3, -0.25) is 4.40 Å². The highest BCUT2D eigenvalue weighted by Gasteiger charge is 2.38. The lowest BCUT2D eigenvalue weighted by Crippen LogP contribution is -2.15. The number of hydrogen-bond acceptors (Lipinski definition) is 1. The zero-order valence-electron chi connectivity index (χ0n) is 13.2. The second kappa shape index (κ2) is 3.94. The average Bonchev–Trinajstić information content (AvgIpc) is 3.19. The van der Waals surface area contributed by atoms with E-state index in [2.05, 4.69) is 53.8 Å². The maximum Gasteiger partial charge on any atom is 0.145 e. The summed E-state index contributed by atoms with van der Waals surface area (Å²) < 4.78 is 2.49. The van der Waals surface area contributed by atoms with E-state index in [4.69, 9.17) is 4.98 Å². The highest BCUT2D eigenvalue weighted by atomic mass is 15.0. The molecule has 0 saturated heterocycles. The minimum atomic E-state index is 0.657. The van der Waals surface area contributed by atoms with Crippen molar-refractivity contribution in [2.45, 2.75) is 38.0 Å². The topological polar surface area (TPSA) is 17.3 Å². The van der Waals surface area contributed by atoms with Gasteiger partial charge in [-0.1, -0.05) is 48.9 Å². The Labute approximate surface area is 134 Å². The molecule has 3 heterocycles. The van der Waals surface area contributed by atoms with Gasteiger partial charge in [-0.05, 0) is 36.6 Å². The van der Waals surface area contributed by atoms with Crippen LogP contribution in [0.5, 0.6) is 0 Å². The smallest absolute Gasteiger partial charge is 0.145 e. The van der Waals surface area contributed by atoms with Crippen molar-refractivity contribution in [2.75, 3.05) is 0 Å². The summed E-state index contributed by atoms with van der Waals surface area (Å²) in [5.74, 6) is 1.34. The first-order valence-corrected chi connectivity index (χ1v) is 8.67. The Bertz CT molecular complexity index is 1120. The molecule has 4 aromatic rings. The molecular weight excluding hydrogens is 280 g/mol. The molecule has 1 aliphatic heterocycles. The van der Waals surface area contributed by atoms with Crippen LogP contribution in [0.2, 0.25) is 0 Å². The third kappa shape index (κ3) is 1.30. The third-order valence-corrected chi connectivity index (χ3v) is 6.11. The van der Waals surface area contributed by atoms with Crippen molar-refractivity contribution in [1.82, 2.24) is 9.38 Å². The molecule has 1 fully saturated rings. The number of benzene rings is 2. The quantitative estimate of drug-likeness (QED) is 0.402. The molecule has 2 heteroatoms. The predicted octanol–water partition coefficient (Wildman–Crippen LogP) is 5.31. The van der Waals surface area contributed by atoms with Crippen LogP contribution in [0.4, 0.5) is 0 Å². The van der Waals surface area contributed by atoms with E-state index in [1.165, 1.54) is 52.3 Å². The van der Waals surface area contributed by atoms with Gasteiger partial charge < -0.3 is 0 Å². The van der Waals surface area contributed by atoms with Crippen molar-refractivity contribution in [3.05, 3.63) is 59.4 Å². The van der Waals surface area contributed by atoms with Gasteiger partial charge in [0.2, 0.25) is 0 Å². The van der Waals surface area contributed by atoms with Gasteiger partial charge in [0.05, 0.1) is 11.2 Å². The molecule has 2 atom stereocenters. The first kappa shape index (κ1) is 12.1. The summed E-state index contributed by atoms with van der Waals surface area (Å²) in [4.78, 5) is 5.02. The number of nitrogens with zero attached hydrogens (tertiary/aromatic N) is 2. The summed E-state index contributed by atoms with van der Waals surface area (Å²) in [5.41, 5.74) is 6.83. The van der Waals surface area contributed by atoms with E-state index in [9.17, 15) is 0 Å². The van der Waals surface area contributed by atoms with Crippen molar-refractivity contribution in [2.24, 2.45) is 0 Å². The Morgan fingerprint density at radius 3 is 2.61 bits per heavy atom. The van der Waals surface area contributed by atoms with Gasteiger partial charge >= 0.3 is 0 Å². The molecule has 2 unspecified atom stereocenters. The molecule has 2 aromatic heterocycles. The Morgan fingerprint density at radius 2 is 1.70 bits per heavy atom. The number of fused-ring (bicyclic) bond motifs is 6. The summed E-state index contributed by atoms with van der Waals surface area (Å²) in [5, 5.41) is 4.00. The van der Waals surface area contributed by atoms with Crippen LogP contribution in [-0.4, -0.2) is 9.38 Å². The predicted molar refractivity (Wildman–Crippen MR) is 94.3 cm³/mol. The van der Waals surface area contributed by atoms with E-state index >= 15 is 0 Å². The van der Waals surface area contributed by atoms with Crippen molar-refractivity contribution in [3.8, 4) is 0 Å². The second-order valence-corrected chi connectivity index (χ2v) is 7.17. The van der Waals surface area contributed by atoms with E-state index in [0.717, 1.165) is 5.65 Å². The number of aryl methyl sites for hydroxylation is 1. The molecule has 0 amide bonds. The number of hydrogen-bond donors (Lipinski definition) is 0. The van der Waals surface area contributed by atoms with Crippen LogP contribution in [0.1, 0.15) is 48.0 Å². The van der Waals surface area contributed by atoms with Gasteiger partial charge in [0.1, 0.15) is 5.65 Å². The molecule has 2 aromatic carbocycles. The van der Waals surface area contributed by atoms with Gasteiger partial charge in [-0.15, -0.1) is 0 Å². The van der Waals surface area contributed by atoms with Crippen molar-refractivity contribution in [3.63, 3.8) is 0 Å². The van der Waals surface area contributed by atoms with Gasteiger partial charge in [-0.2, -0.15) is 0 Å². The Morgan fingerprint density at radius 1 is 0.913 bits per heavy atom. The van der Waals surface area contributed by atoms with Crippen molar-refractivity contribution < 1.29 is 0 Å². The molecule has 2 nitrogen and oxygen atoms in total. The van der Waals surface area contributed by atoms with E-state index in [0.29, 0.717) is 11.8 Å². The SMILES string of the molecule is Cc1nc2c3ccccc3c3cccc4c3n2c1C1CCCC41. The molecular formula is C21H18N2. The molecule has 23 heavy (non-hydrogen) atoms. The molecule has 0 bridgehead atoms. The number of aromatic nitrogens is 2. The van der Waals surface area contributed by atoms with E-state index in [-0.39, 0.29) is 0 Å². The van der Waals surface area contributed by atoms with E-state index in [1.54, 1.807) is 5.56 Å². The molecule has 1 aliphatic carbocycles. The summed E-state index contributed by atoms with van der Waals surface area (Å²) >= 11 is 0. The lowest BCUT2D eigenvalue weighted by Gasteiger charge is -2.28. The first-order chi connectivity index (χ1) is 11.3. The standard InChI is InChI=1S/C21H18N2/c1-12-19-15-9-4-8-13(15)16-10-5-11-17-14-6-2-3-7-18(14)21(22-12)23(19)20(16)17/h2-3,5-7,10-11,13,15H,4,8-9H2,1H3. The van der Waals surface area contributed by atoms with Gasteiger partial charge in [0.25, 0.3) is 0 Å². The Balaban J connectivity index is 2.00. The van der Waals surface area contributed by atoms with Crippen LogP contribution in [0.15, 0.2) is 42.5 Å². The molecule has 112 valence electrons. The van der Waals surface area contributed by atoms with Crippen LogP contribution in [0.25, 0.3) is 27.3 Å². The minimum Gasteiger partial charge on any atom is -0.295 e. The van der Waals surface area contributed by atoms with E-state index < -0.39 is 0 Å². The van der Waals surface area contributed by atoms with E-state index in [1.807, 2.05) is 0 Å². The molecule has 1 saturated carbocycles. The van der Waals surface area contributed by atoms with Crippen LogP contribution in [0, 0.1) is 6.92 Å². The number of para-hydroxylation sites is 1. The van der Waals surface area contributed by atoms with Crippen molar-refractivity contribution >= 4 is 27.3 Å². The number of imidazole rings is 1. The maximum atomic E-state index is 5.02. The number of rotatable bonds is 0. The normalized spacial score (nSPS) is 22.5. The highest BCUT2D eigenvalue weighted by molar-refractivity contribution is 6.13. The fraction of sp³-hybridized carbons (Fsp3) is 0.286. The largest absolute Gasteiger partial charge is 0.295 e. The average molecular weight is 298 g/mol. The molecule has 2 aliphatic rings. The van der Waals surface area contributed by atoms with Crippen molar-refractivity contribution in [1.29, 1.82) is 0 Å². The Kier molecular flexibility index (Phi) is 2.08. The lowest BCUT2D eigenvalue weighted by molar-refractivity contribution is 0.589. The highest BCUT2D eigenvalue weighted by Crippen LogP contribution is 2.52. The monoisotopic (exact) mass is 298 g/mol. The molecule has 0 spiro atoms. The number of pyridine rings is 1.